The Morgan fingerprint density at radius 3 is 2.43 bits per heavy atom. The molecule has 2 rings (SSSR count). The quantitative estimate of drug-likeness (QED) is 0.506. The van der Waals surface area contributed by atoms with Gasteiger partial charge in [0.25, 0.3) is 0 Å². The fraction of sp³-hybridized carbons (Fsp3) is 0.133. The fourth-order valence-corrected chi connectivity index (χ4v) is 2.67. The molecule has 2 aromatic rings. The molecule has 0 saturated carbocycles. The Labute approximate surface area is 123 Å². The van der Waals surface area contributed by atoms with Crippen LogP contribution in [-0.2, 0) is 16.0 Å². The maximum absolute atomic E-state index is 12.8. The van der Waals surface area contributed by atoms with Crippen molar-refractivity contribution in [3.63, 3.8) is 0 Å². The van der Waals surface area contributed by atoms with Crippen molar-refractivity contribution in [3.05, 3.63) is 57.5 Å². The molecule has 0 spiro atoms. The number of hydrogen-bond acceptors (Lipinski definition) is 4. The fourth-order valence-electron chi connectivity index (χ4n) is 1.75. The maximum atomic E-state index is 12.8. The number of carboxylic acids is 1. The predicted molar refractivity (Wildman–Crippen MR) is 75.1 cm³/mol. The zero-order valence-electron chi connectivity index (χ0n) is 10.8. The van der Waals surface area contributed by atoms with Crippen LogP contribution in [0, 0.1) is 5.82 Å². The molecule has 0 saturated heterocycles. The SMILES string of the molecule is O=C(O)C(=O)CC(=O)c1csc(Cc2ccc(F)cc2)c1. The number of thiophene rings is 1. The van der Waals surface area contributed by atoms with E-state index in [0.717, 1.165) is 10.4 Å². The largest absolute Gasteiger partial charge is 0.475 e. The van der Waals surface area contributed by atoms with Crippen molar-refractivity contribution in [1.82, 2.24) is 0 Å². The number of aliphatic carboxylic acids is 1. The van der Waals surface area contributed by atoms with Crippen LogP contribution in [0.3, 0.4) is 0 Å². The Bertz CT molecular complexity index is 688. The highest BCUT2D eigenvalue weighted by Crippen LogP contribution is 2.20. The minimum absolute atomic E-state index is 0.312. The van der Waals surface area contributed by atoms with Crippen LogP contribution in [0.4, 0.5) is 4.39 Å². The van der Waals surface area contributed by atoms with Crippen molar-refractivity contribution in [1.29, 1.82) is 0 Å². The van der Waals surface area contributed by atoms with E-state index >= 15 is 0 Å². The third-order valence-electron chi connectivity index (χ3n) is 2.83. The minimum atomic E-state index is -1.61. The van der Waals surface area contributed by atoms with E-state index in [0.29, 0.717) is 12.0 Å². The molecule has 0 bridgehead atoms. The van der Waals surface area contributed by atoms with Gasteiger partial charge in [-0.15, -0.1) is 11.3 Å². The lowest BCUT2D eigenvalue weighted by atomic mass is 10.1. The first-order valence-electron chi connectivity index (χ1n) is 6.07. The van der Waals surface area contributed by atoms with Crippen LogP contribution in [-0.4, -0.2) is 22.6 Å². The highest BCUT2D eigenvalue weighted by Gasteiger charge is 2.18. The molecular formula is C15H11FO4S. The Morgan fingerprint density at radius 1 is 1.14 bits per heavy atom. The average Bonchev–Trinajstić information content (AvgIpc) is 2.90. The van der Waals surface area contributed by atoms with Gasteiger partial charge in [0.1, 0.15) is 5.82 Å². The topological polar surface area (TPSA) is 71.4 Å². The van der Waals surface area contributed by atoms with E-state index in [-0.39, 0.29) is 5.82 Å². The van der Waals surface area contributed by atoms with Gasteiger partial charge >= 0.3 is 5.97 Å². The summed E-state index contributed by atoms with van der Waals surface area (Å²) >= 11 is 1.34. The molecule has 0 fully saturated rings. The monoisotopic (exact) mass is 306 g/mol. The predicted octanol–water partition coefficient (Wildman–Crippen LogP) is 2.70. The van der Waals surface area contributed by atoms with E-state index in [9.17, 15) is 18.8 Å². The number of rotatable bonds is 6. The first-order valence-corrected chi connectivity index (χ1v) is 6.95. The van der Waals surface area contributed by atoms with Crippen LogP contribution in [0.2, 0.25) is 0 Å². The lowest BCUT2D eigenvalue weighted by Gasteiger charge is -1.98. The summed E-state index contributed by atoms with van der Waals surface area (Å²) in [5, 5.41) is 10.1. The number of carboxylic acid groups (broad SMARTS) is 1. The van der Waals surface area contributed by atoms with E-state index in [1.54, 1.807) is 23.6 Å². The van der Waals surface area contributed by atoms with Gasteiger partial charge < -0.3 is 5.11 Å². The molecule has 0 radical (unpaired) electrons. The van der Waals surface area contributed by atoms with E-state index in [1.807, 2.05) is 0 Å². The number of hydrogen-bond donors (Lipinski definition) is 1. The number of Topliss-reactive ketones (excluding diaryl/α,β-unsaturated/α-hetero) is 2. The van der Waals surface area contributed by atoms with Gasteiger partial charge in [-0.3, -0.25) is 9.59 Å². The lowest BCUT2D eigenvalue weighted by Crippen LogP contribution is -2.16. The Kier molecular flexibility index (Phi) is 4.59. The van der Waals surface area contributed by atoms with Crippen LogP contribution in [0.15, 0.2) is 35.7 Å². The first-order chi connectivity index (χ1) is 9.95. The molecule has 1 aromatic heterocycles. The number of carbonyl (C=O) groups excluding carboxylic acids is 2. The van der Waals surface area contributed by atoms with Crippen LogP contribution in [0.25, 0.3) is 0 Å². The van der Waals surface area contributed by atoms with Crippen LogP contribution in [0.5, 0.6) is 0 Å². The Morgan fingerprint density at radius 2 is 1.81 bits per heavy atom. The van der Waals surface area contributed by atoms with Gasteiger partial charge in [0, 0.05) is 22.2 Å². The third-order valence-corrected chi connectivity index (χ3v) is 3.76. The normalized spacial score (nSPS) is 10.3. The van der Waals surface area contributed by atoms with Gasteiger partial charge in [-0.2, -0.15) is 0 Å². The number of benzene rings is 1. The van der Waals surface area contributed by atoms with Gasteiger partial charge in [0.15, 0.2) is 5.78 Å². The molecule has 0 aliphatic carbocycles. The van der Waals surface area contributed by atoms with Crippen molar-refractivity contribution >= 4 is 28.9 Å². The lowest BCUT2D eigenvalue weighted by molar-refractivity contribution is -0.148. The molecule has 1 heterocycles. The second kappa shape index (κ2) is 6.41. The van der Waals surface area contributed by atoms with Crippen LogP contribution < -0.4 is 0 Å². The molecule has 1 aromatic carbocycles. The summed E-state index contributed by atoms with van der Waals surface area (Å²) < 4.78 is 12.8. The van der Waals surface area contributed by atoms with E-state index in [1.165, 1.54) is 23.5 Å². The summed E-state index contributed by atoms with van der Waals surface area (Å²) in [6.07, 6.45) is -0.0901. The smallest absolute Gasteiger partial charge is 0.372 e. The van der Waals surface area contributed by atoms with Crippen molar-refractivity contribution in [3.8, 4) is 0 Å². The zero-order valence-corrected chi connectivity index (χ0v) is 11.7. The minimum Gasteiger partial charge on any atom is -0.475 e. The maximum Gasteiger partial charge on any atom is 0.372 e. The van der Waals surface area contributed by atoms with Crippen LogP contribution >= 0.6 is 11.3 Å². The van der Waals surface area contributed by atoms with Gasteiger partial charge in [-0.25, -0.2) is 9.18 Å². The number of ketones is 2. The summed E-state index contributed by atoms with van der Waals surface area (Å²) in [6.45, 7) is 0. The molecule has 0 atom stereocenters. The summed E-state index contributed by atoms with van der Waals surface area (Å²) in [5.74, 6) is -3.55. The molecule has 1 N–H and O–H groups in total. The van der Waals surface area contributed by atoms with E-state index in [2.05, 4.69) is 0 Å². The summed E-state index contributed by atoms with van der Waals surface area (Å²) in [6, 6.07) is 7.67. The molecule has 4 nitrogen and oxygen atoms in total. The average molecular weight is 306 g/mol. The van der Waals surface area contributed by atoms with Gasteiger partial charge in [0.2, 0.25) is 5.78 Å². The molecule has 21 heavy (non-hydrogen) atoms. The van der Waals surface area contributed by atoms with Crippen molar-refractivity contribution in [2.45, 2.75) is 12.8 Å². The van der Waals surface area contributed by atoms with E-state index < -0.39 is 24.0 Å². The molecule has 6 heteroatoms. The van der Waals surface area contributed by atoms with Gasteiger partial charge in [0.05, 0.1) is 6.42 Å². The number of halogens is 1. The highest BCUT2D eigenvalue weighted by molar-refractivity contribution is 7.10. The highest BCUT2D eigenvalue weighted by atomic mass is 32.1. The summed E-state index contributed by atoms with van der Waals surface area (Å²) in [4.78, 5) is 34.0. The van der Waals surface area contributed by atoms with Crippen molar-refractivity contribution < 1.29 is 23.9 Å². The Hall–Kier alpha value is -2.34. The first kappa shape index (κ1) is 15.1. The molecule has 0 amide bonds. The second-order valence-electron chi connectivity index (χ2n) is 4.43. The molecule has 0 aliphatic rings. The molecular weight excluding hydrogens is 295 g/mol. The molecule has 108 valence electrons. The third kappa shape index (κ3) is 4.06. The Balaban J connectivity index is 2.04. The molecule has 0 unspecified atom stereocenters. The summed E-state index contributed by atoms with van der Waals surface area (Å²) in [7, 11) is 0. The van der Waals surface area contributed by atoms with Gasteiger partial charge in [-0.1, -0.05) is 12.1 Å². The van der Waals surface area contributed by atoms with Crippen LogP contribution in [0.1, 0.15) is 27.2 Å². The van der Waals surface area contributed by atoms with Crippen molar-refractivity contribution in [2.24, 2.45) is 0 Å². The van der Waals surface area contributed by atoms with Crippen molar-refractivity contribution in [2.75, 3.05) is 0 Å². The standard InChI is InChI=1S/C15H11FO4S/c16-11-3-1-9(2-4-11)5-12-6-10(8-21-12)13(17)7-14(18)15(19)20/h1-4,6,8H,5,7H2,(H,19,20). The zero-order chi connectivity index (χ0) is 15.4. The number of carbonyl (C=O) groups is 3. The second-order valence-corrected chi connectivity index (χ2v) is 5.43. The van der Waals surface area contributed by atoms with E-state index in [4.69, 9.17) is 5.11 Å². The summed E-state index contributed by atoms with van der Waals surface area (Å²) in [5.41, 5.74) is 1.23. The van der Waals surface area contributed by atoms with Gasteiger partial charge in [-0.05, 0) is 23.8 Å². The molecule has 0 aliphatic heterocycles.